The number of piperazine rings is 1. The van der Waals surface area contributed by atoms with Gasteiger partial charge in [-0.15, -0.1) is 0 Å². The third-order valence-corrected chi connectivity index (χ3v) is 9.26. The molecule has 5 fully saturated rings. The molecule has 0 aromatic heterocycles. The smallest absolute Gasteiger partial charge is 0.311 e. The second-order valence-corrected chi connectivity index (χ2v) is 11.1. The lowest BCUT2D eigenvalue weighted by molar-refractivity contribution is -0.168. The summed E-state index contributed by atoms with van der Waals surface area (Å²) in [4.78, 5) is 18.3. The Balaban J connectivity index is 1.13. The van der Waals surface area contributed by atoms with Gasteiger partial charge in [-0.25, -0.2) is 0 Å². The van der Waals surface area contributed by atoms with Crippen molar-refractivity contribution in [2.75, 3.05) is 32.7 Å². The van der Waals surface area contributed by atoms with Crippen molar-refractivity contribution in [1.82, 2.24) is 9.80 Å². The van der Waals surface area contributed by atoms with Gasteiger partial charge in [-0.2, -0.15) is 0 Å². The quantitative estimate of drug-likeness (QED) is 0.548. The summed E-state index contributed by atoms with van der Waals surface area (Å²) >= 11 is 0. The number of esters is 1. The Hall–Kier alpha value is -1.43. The molecule has 2 aliphatic carbocycles. The van der Waals surface area contributed by atoms with Gasteiger partial charge in [0.2, 0.25) is 0 Å². The molecule has 3 heterocycles. The summed E-state index contributed by atoms with van der Waals surface area (Å²) in [6.07, 6.45) is 4.72. The van der Waals surface area contributed by atoms with Gasteiger partial charge < -0.3 is 9.47 Å². The number of ether oxygens (including phenoxy) is 2. The fourth-order valence-corrected chi connectivity index (χ4v) is 7.51. The minimum Gasteiger partial charge on any atom is -0.455 e. The Bertz CT molecular complexity index is 838. The average molecular weight is 425 g/mol. The summed E-state index contributed by atoms with van der Waals surface area (Å²) in [5, 5.41) is 0. The first-order chi connectivity index (χ1) is 15.0. The van der Waals surface area contributed by atoms with Crippen molar-refractivity contribution in [2.24, 2.45) is 23.7 Å². The fraction of sp³-hybridized carbons (Fsp3) is 0.731. The van der Waals surface area contributed by atoms with Crippen LogP contribution >= 0.6 is 0 Å². The van der Waals surface area contributed by atoms with Crippen LogP contribution in [-0.2, 0) is 20.8 Å². The Kier molecular flexibility index (Phi) is 4.75. The predicted octanol–water partition coefficient (Wildman–Crippen LogP) is 3.33. The van der Waals surface area contributed by atoms with Crippen molar-refractivity contribution in [3.8, 4) is 0 Å². The van der Waals surface area contributed by atoms with Gasteiger partial charge in [-0.05, 0) is 44.1 Å². The number of fused-ring (bicyclic) bond motifs is 1. The van der Waals surface area contributed by atoms with Crippen LogP contribution in [0, 0.1) is 23.7 Å². The van der Waals surface area contributed by atoms with Crippen LogP contribution in [0.1, 0.15) is 45.1 Å². The van der Waals surface area contributed by atoms with E-state index in [2.05, 4.69) is 54.0 Å². The molecule has 0 amide bonds. The standard InChI is InChI=1S/C26H36N2O3/c1-18-8-9-22-20(23(29)30-26(22)21(18)10-11-25(2)24(26)31-25)17-28-14-12-27(13-15-28)16-19-6-4-3-5-7-19/h3-7,18,20-22,24H,8-17H2,1-2H3/t18-,20-,21+,22+,24-,25-,26-/m1/s1. The first-order valence-electron chi connectivity index (χ1n) is 12.4. The molecule has 6 rings (SSSR count). The van der Waals surface area contributed by atoms with E-state index in [0.29, 0.717) is 17.8 Å². The number of benzene rings is 1. The molecule has 5 aliphatic rings. The highest BCUT2D eigenvalue weighted by atomic mass is 16.7. The van der Waals surface area contributed by atoms with Gasteiger partial charge in [0.1, 0.15) is 11.7 Å². The van der Waals surface area contributed by atoms with Crippen LogP contribution in [-0.4, -0.2) is 65.8 Å². The van der Waals surface area contributed by atoms with Crippen molar-refractivity contribution < 1.29 is 14.3 Å². The van der Waals surface area contributed by atoms with E-state index in [9.17, 15) is 4.79 Å². The number of carbonyl (C=O) groups is 1. The molecule has 2 saturated carbocycles. The number of hydrogen-bond acceptors (Lipinski definition) is 5. The highest BCUT2D eigenvalue weighted by molar-refractivity contribution is 5.77. The first kappa shape index (κ1) is 20.2. The maximum Gasteiger partial charge on any atom is 0.311 e. The molecule has 1 spiro atoms. The molecule has 31 heavy (non-hydrogen) atoms. The Morgan fingerprint density at radius 3 is 2.52 bits per heavy atom. The van der Waals surface area contributed by atoms with E-state index < -0.39 is 0 Å². The van der Waals surface area contributed by atoms with Gasteiger partial charge >= 0.3 is 5.97 Å². The molecular formula is C26H36N2O3. The lowest BCUT2D eigenvalue weighted by atomic mass is 9.55. The maximum atomic E-state index is 13.2. The lowest BCUT2D eigenvalue weighted by Crippen LogP contribution is -2.58. The fourth-order valence-electron chi connectivity index (χ4n) is 7.51. The van der Waals surface area contributed by atoms with Crippen LogP contribution in [0.25, 0.3) is 0 Å². The molecular weight excluding hydrogens is 388 g/mol. The van der Waals surface area contributed by atoms with Crippen molar-refractivity contribution >= 4 is 5.97 Å². The molecule has 1 aromatic carbocycles. The molecule has 0 radical (unpaired) electrons. The minimum absolute atomic E-state index is 0.0159. The van der Waals surface area contributed by atoms with E-state index in [1.54, 1.807) is 0 Å². The maximum absolute atomic E-state index is 13.2. The Labute approximate surface area is 186 Å². The monoisotopic (exact) mass is 424 g/mol. The zero-order valence-corrected chi connectivity index (χ0v) is 19.0. The van der Waals surface area contributed by atoms with Crippen molar-refractivity contribution in [3.05, 3.63) is 35.9 Å². The molecule has 3 saturated heterocycles. The van der Waals surface area contributed by atoms with Crippen molar-refractivity contribution in [3.63, 3.8) is 0 Å². The van der Waals surface area contributed by atoms with Crippen LogP contribution in [0.3, 0.4) is 0 Å². The van der Waals surface area contributed by atoms with Crippen molar-refractivity contribution in [1.29, 1.82) is 0 Å². The van der Waals surface area contributed by atoms with Gasteiger partial charge in [0.05, 0.1) is 11.5 Å². The third kappa shape index (κ3) is 3.19. The van der Waals surface area contributed by atoms with E-state index in [-0.39, 0.29) is 29.2 Å². The summed E-state index contributed by atoms with van der Waals surface area (Å²) in [5.74, 6) is 1.50. The molecule has 168 valence electrons. The van der Waals surface area contributed by atoms with Gasteiger partial charge in [0.15, 0.2) is 0 Å². The zero-order valence-electron chi connectivity index (χ0n) is 19.0. The number of nitrogens with zero attached hydrogens (tertiary/aromatic N) is 2. The third-order valence-electron chi connectivity index (χ3n) is 9.26. The van der Waals surface area contributed by atoms with Crippen LogP contribution in [0.15, 0.2) is 30.3 Å². The summed E-state index contributed by atoms with van der Waals surface area (Å²) < 4.78 is 12.6. The van der Waals surface area contributed by atoms with E-state index in [0.717, 1.165) is 58.5 Å². The summed E-state index contributed by atoms with van der Waals surface area (Å²) in [6.45, 7) is 10.7. The van der Waals surface area contributed by atoms with E-state index in [1.165, 1.54) is 12.0 Å². The van der Waals surface area contributed by atoms with Crippen LogP contribution < -0.4 is 0 Å². The lowest BCUT2D eigenvalue weighted by Gasteiger charge is -2.50. The molecule has 0 N–H and O–H groups in total. The topological polar surface area (TPSA) is 45.3 Å². The average Bonchev–Trinajstić information content (AvgIpc) is 3.40. The zero-order chi connectivity index (χ0) is 21.2. The second-order valence-electron chi connectivity index (χ2n) is 11.1. The largest absolute Gasteiger partial charge is 0.455 e. The van der Waals surface area contributed by atoms with Gasteiger partial charge in [0, 0.05) is 51.1 Å². The van der Waals surface area contributed by atoms with Gasteiger partial charge in [-0.3, -0.25) is 14.6 Å². The number of hydrogen-bond donors (Lipinski definition) is 0. The van der Waals surface area contributed by atoms with Gasteiger partial charge in [-0.1, -0.05) is 37.3 Å². The molecule has 0 unspecified atom stereocenters. The Morgan fingerprint density at radius 2 is 1.74 bits per heavy atom. The highest BCUT2D eigenvalue weighted by Crippen LogP contribution is 2.66. The van der Waals surface area contributed by atoms with Crippen molar-refractivity contribution in [2.45, 2.75) is 63.4 Å². The number of carbonyl (C=O) groups excluding carboxylic acids is 1. The predicted molar refractivity (Wildman–Crippen MR) is 118 cm³/mol. The van der Waals surface area contributed by atoms with Crippen LogP contribution in [0.2, 0.25) is 0 Å². The number of rotatable bonds is 4. The summed E-state index contributed by atoms with van der Waals surface area (Å²) in [6, 6.07) is 10.7. The van der Waals surface area contributed by atoms with Crippen LogP contribution in [0.4, 0.5) is 0 Å². The number of epoxide rings is 1. The normalized spacial score (nSPS) is 44.8. The second kappa shape index (κ2) is 7.29. The van der Waals surface area contributed by atoms with E-state index in [1.807, 2.05) is 0 Å². The minimum atomic E-state index is -0.346. The van der Waals surface area contributed by atoms with Gasteiger partial charge in [0.25, 0.3) is 0 Å². The first-order valence-corrected chi connectivity index (χ1v) is 12.4. The molecule has 7 atom stereocenters. The molecule has 0 bridgehead atoms. The molecule has 3 aliphatic heterocycles. The van der Waals surface area contributed by atoms with E-state index in [4.69, 9.17) is 9.47 Å². The van der Waals surface area contributed by atoms with Crippen LogP contribution in [0.5, 0.6) is 0 Å². The highest BCUT2D eigenvalue weighted by Gasteiger charge is 2.77. The Morgan fingerprint density at radius 1 is 1.00 bits per heavy atom. The molecule has 1 aromatic rings. The SMILES string of the molecule is C[C@@H]1CC[C@H]2[C@@H](CN3CCN(Cc4ccccc4)CC3)C(=O)O[C@]23[C@H]1CC[C@@]1(C)O[C@@H]31. The molecule has 5 nitrogen and oxygen atoms in total. The summed E-state index contributed by atoms with van der Waals surface area (Å²) in [7, 11) is 0. The van der Waals surface area contributed by atoms with E-state index >= 15 is 0 Å². The molecule has 5 heteroatoms. The summed E-state index contributed by atoms with van der Waals surface area (Å²) in [5.41, 5.74) is 0.982.